The van der Waals surface area contributed by atoms with Crippen LogP contribution in [0.4, 0.5) is 0 Å². The normalized spacial score (nSPS) is 19.8. The molecule has 1 atom stereocenters. The fourth-order valence-electron chi connectivity index (χ4n) is 2.12. The molecule has 1 unspecified atom stereocenters. The third-order valence-corrected chi connectivity index (χ3v) is 3.03. The lowest BCUT2D eigenvalue weighted by Gasteiger charge is -2.35. The van der Waals surface area contributed by atoms with E-state index in [2.05, 4.69) is 5.32 Å². The van der Waals surface area contributed by atoms with Gasteiger partial charge in [-0.15, -0.1) is 0 Å². The molecule has 6 heteroatoms. The van der Waals surface area contributed by atoms with Crippen molar-refractivity contribution >= 4 is 5.91 Å². The summed E-state index contributed by atoms with van der Waals surface area (Å²) in [5.41, 5.74) is 5.91. The lowest BCUT2D eigenvalue weighted by atomic mass is 10.1. The van der Waals surface area contributed by atoms with Gasteiger partial charge in [0.2, 0.25) is 0 Å². The third-order valence-electron chi connectivity index (χ3n) is 3.03. The number of carbonyl (C=O) groups is 1. The molecule has 1 aromatic carbocycles. The monoisotopic (exact) mass is 251 g/mol. The van der Waals surface area contributed by atoms with Gasteiger partial charge in [0.1, 0.15) is 11.5 Å². The fraction of sp³-hybridized carbons (Fsp3) is 0.417. The smallest absolute Gasteiger partial charge is 0.254 e. The van der Waals surface area contributed by atoms with Crippen molar-refractivity contribution in [1.29, 1.82) is 0 Å². The number of rotatable bonds is 2. The number of nitrogens with one attached hydrogen (secondary N) is 1. The van der Waals surface area contributed by atoms with E-state index in [-0.39, 0.29) is 29.0 Å². The van der Waals surface area contributed by atoms with Crippen molar-refractivity contribution in [3.63, 3.8) is 0 Å². The van der Waals surface area contributed by atoms with Crippen LogP contribution < -0.4 is 11.1 Å². The van der Waals surface area contributed by atoms with Gasteiger partial charge in [-0.1, -0.05) is 0 Å². The van der Waals surface area contributed by atoms with Crippen LogP contribution >= 0.6 is 0 Å². The zero-order valence-corrected chi connectivity index (χ0v) is 9.97. The first-order chi connectivity index (χ1) is 8.61. The van der Waals surface area contributed by atoms with Gasteiger partial charge in [-0.05, 0) is 12.1 Å². The van der Waals surface area contributed by atoms with Gasteiger partial charge in [0.15, 0.2) is 0 Å². The highest BCUT2D eigenvalue weighted by Crippen LogP contribution is 2.22. The zero-order valence-electron chi connectivity index (χ0n) is 9.97. The molecule has 0 saturated carbocycles. The second-order valence-corrected chi connectivity index (χ2v) is 4.33. The Kier molecular flexibility index (Phi) is 3.69. The Morgan fingerprint density at radius 3 is 2.67 bits per heavy atom. The molecule has 1 saturated heterocycles. The van der Waals surface area contributed by atoms with E-state index in [1.165, 1.54) is 18.2 Å². The highest BCUT2D eigenvalue weighted by Gasteiger charge is 2.26. The second-order valence-electron chi connectivity index (χ2n) is 4.33. The van der Waals surface area contributed by atoms with Crippen molar-refractivity contribution in [3.8, 4) is 11.5 Å². The Labute approximate surface area is 105 Å². The molecule has 1 aliphatic rings. The third kappa shape index (κ3) is 2.55. The average Bonchev–Trinajstić information content (AvgIpc) is 2.36. The molecule has 18 heavy (non-hydrogen) atoms. The summed E-state index contributed by atoms with van der Waals surface area (Å²) in [6.45, 7) is 2.32. The first kappa shape index (κ1) is 12.7. The number of piperazine rings is 1. The lowest BCUT2D eigenvalue weighted by Crippen LogP contribution is -2.56. The molecule has 1 aliphatic heterocycles. The van der Waals surface area contributed by atoms with Crippen molar-refractivity contribution in [2.45, 2.75) is 6.04 Å². The summed E-state index contributed by atoms with van der Waals surface area (Å²) in [6.07, 6.45) is 0. The second kappa shape index (κ2) is 5.24. The fourth-order valence-corrected chi connectivity index (χ4v) is 2.12. The van der Waals surface area contributed by atoms with E-state index in [1.807, 2.05) is 0 Å². The van der Waals surface area contributed by atoms with Crippen LogP contribution in [-0.2, 0) is 0 Å². The molecule has 1 amide bonds. The molecular formula is C12H17N3O3. The molecule has 1 heterocycles. The minimum Gasteiger partial charge on any atom is -0.508 e. The first-order valence-corrected chi connectivity index (χ1v) is 5.86. The Balaban J connectivity index is 2.23. The maximum absolute atomic E-state index is 12.3. The topological polar surface area (TPSA) is 98.8 Å². The molecule has 0 bridgehead atoms. The van der Waals surface area contributed by atoms with Gasteiger partial charge in [-0.2, -0.15) is 0 Å². The number of nitrogens with two attached hydrogens (primary N) is 1. The predicted molar refractivity (Wildman–Crippen MR) is 66.5 cm³/mol. The largest absolute Gasteiger partial charge is 0.508 e. The predicted octanol–water partition coefficient (Wildman–Crippen LogP) is -0.529. The number of phenolic OH excluding ortho intramolecular Hbond substituents is 2. The van der Waals surface area contributed by atoms with Crippen LogP contribution in [0, 0.1) is 0 Å². The van der Waals surface area contributed by atoms with Crippen LogP contribution in [0.15, 0.2) is 18.2 Å². The van der Waals surface area contributed by atoms with E-state index >= 15 is 0 Å². The molecule has 0 aliphatic carbocycles. The summed E-state index contributed by atoms with van der Waals surface area (Å²) in [4.78, 5) is 14.0. The molecule has 98 valence electrons. The van der Waals surface area contributed by atoms with Crippen LogP contribution in [0.3, 0.4) is 0 Å². The van der Waals surface area contributed by atoms with Gasteiger partial charge in [0.25, 0.3) is 5.91 Å². The van der Waals surface area contributed by atoms with E-state index < -0.39 is 0 Å². The van der Waals surface area contributed by atoms with Gasteiger partial charge in [-0.25, -0.2) is 0 Å². The maximum Gasteiger partial charge on any atom is 0.254 e. The van der Waals surface area contributed by atoms with Gasteiger partial charge >= 0.3 is 0 Å². The summed E-state index contributed by atoms with van der Waals surface area (Å²) in [7, 11) is 0. The van der Waals surface area contributed by atoms with Gasteiger partial charge in [-0.3, -0.25) is 4.79 Å². The summed E-state index contributed by atoms with van der Waals surface area (Å²) < 4.78 is 0. The summed E-state index contributed by atoms with van der Waals surface area (Å²) in [5, 5.41) is 22.0. The van der Waals surface area contributed by atoms with Crippen molar-refractivity contribution in [1.82, 2.24) is 10.2 Å². The molecule has 1 fully saturated rings. The quantitative estimate of drug-likeness (QED) is 0.566. The Morgan fingerprint density at radius 2 is 2.06 bits per heavy atom. The van der Waals surface area contributed by atoms with Crippen molar-refractivity contribution in [3.05, 3.63) is 23.8 Å². The Bertz CT molecular complexity index is 430. The number of benzene rings is 1. The first-order valence-electron chi connectivity index (χ1n) is 5.86. The number of hydrogen-bond acceptors (Lipinski definition) is 5. The molecule has 1 aromatic rings. The number of carbonyl (C=O) groups excluding carboxylic acids is 1. The summed E-state index contributed by atoms with van der Waals surface area (Å²) in [6, 6.07) is 3.82. The molecule has 6 nitrogen and oxygen atoms in total. The van der Waals surface area contributed by atoms with Crippen LogP contribution in [0.1, 0.15) is 10.4 Å². The minimum atomic E-state index is -0.224. The van der Waals surface area contributed by atoms with Crippen molar-refractivity contribution in [2.24, 2.45) is 5.73 Å². The van der Waals surface area contributed by atoms with E-state index in [1.54, 1.807) is 4.90 Å². The summed E-state index contributed by atoms with van der Waals surface area (Å²) in [5.74, 6) is -0.478. The van der Waals surface area contributed by atoms with Crippen LogP contribution in [0.5, 0.6) is 11.5 Å². The van der Waals surface area contributed by atoms with Gasteiger partial charge < -0.3 is 26.2 Å². The number of phenols is 2. The SMILES string of the molecule is NCC1CNCCN1C(=O)c1cc(O)cc(O)c1. The lowest BCUT2D eigenvalue weighted by molar-refractivity contribution is 0.0644. The Hall–Kier alpha value is -1.79. The molecule has 0 spiro atoms. The molecule has 2 rings (SSSR count). The molecule has 5 N–H and O–H groups in total. The van der Waals surface area contributed by atoms with Gasteiger partial charge in [0, 0.05) is 37.8 Å². The van der Waals surface area contributed by atoms with Crippen LogP contribution in [0.2, 0.25) is 0 Å². The standard InChI is InChI=1S/C12H17N3O3/c13-6-9-7-14-1-2-15(9)12(18)8-3-10(16)5-11(17)4-8/h3-5,9,14,16-17H,1-2,6-7,13H2. The molecule has 0 radical (unpaired) electrons. The van der Waals surface area contributed by atoms with Gasteiger partial charge in [0.05, 0.1) is 6.04 Å². The Morgan fingerprint density at radius 1 is 1.39 bits per heavy atom. The number of nitrogens with zero attached hydrogens (tertiary/aromatic N) is 1. The van der Waals surface area contributed by atoms with E-state index in [0.717, 1.165) is 0 Å². The number of hydrogen-bond donors (Lipinski definition) is 4. The summed E-state index contributed by atoms with van der Waals surface area (Å²) >= 11 is 0. The zero-order chi connectivity index (χ0) is 13.1. The van der Waals surface area contributed by atoms with E-state index in [0.29, 0.717) is 26.2 Å². The molecule has 0 aromatic heterocycles. The maximum atomic E-state index is 12.3. The average molecular weight is 251 g/mol. The van der Waals surface area contributed by atoms with Crippen LogP contribution in [-0.4, -0.2) is 53.2 Å². The highest BCUT2D eigenvalue weighted by atomic mass is 16.3. The highest BCUT2D eigenvalue weighted by molar-refractivity contribution is 5.95. The van der Waals surface area contributed by atoms with E-state index in [9.17, 15) is 15.0 Å². The van der Waals surface area contributed by atoms with E-state index in [4.69, 9.17) is 5.73 Å². The van der Waals surface area contributed by atoms with Crippen LogP contribution in [0.25, 0.3) is 0 Å². The minimum absolute atomic E-state index is 0.0595. The van der Waals surface area contributed by atoms with Crippen molar-refractivity contribution in [2.75, 3.05) is 26.2 Å². The molecular weight excluding hydrogens is 234 g/mol. The number of aromatic hydroxyl groups is 2. The number of amides is 1. The van der Waals surface area contributed by atoms with Crippen molar-refractivity contribution < 1.29 is 15.0 Å².